The van der Waals surface area contributed by atoms with Crippen molar-refractivity contribution in [3.05, 3.63) is 63.0 Å². The van der Waals surface area contributed by atoms with Gasteiger partial charge in [-0.2, -0.15) is 13.2 Å². The van der Waals surface area contributed by atoms with Crippen molar-refractivity contribution in [2.24, 2.45) is 0 Å². The van der Waals surface area contributed by atoms with Crippen molar-refractivity contribution in [1.29, 1.82) is 0 Å². The Morgan fingerprint density at radius 2 is 1.83 bits per heavy atom. The van der Waals surface area contributed by atoms with Crippen LogP contribution < -0.4 is 20.0 Å². The van der Waals surface area contributed by atoms with Crippen LogP contribution in [0.1, 0.15) is 22.5 Å². The summed E-state index contributed by atoms with van der Waals surface area (Å²) in [6.45, 7) is 4.38. The van der Waals surface area contributed by atoms with E-state index in [-0.39, 0.29) is 16.9 Å². The number of hydrogen-bond acceptors (Lipinski definition) is 6. The molecular formula is C21H16F3O6-. The van der Waals surface area contributed by atoms with Crippen LogP contribution in [0.4, 0.5) is 13.2 Å². The van der Waals surface area contributed by atoms with E-state index in [2.05, 4.69) is 0 Å². The summed E-state index contributed by atoms with van der Waals surface area (Å²) in [5, 5.41) is 10.3. The number of carboxylic acid groups (broad SMARTS) is 1. The Morgan fingerprint density at radius 3 is 2.47 bits per heavy atom. The number of halogens is 3. The van der Waals surface area contributed by atoms with Gasteiger partial charge in [-0.3, -0.25) is 4.79 Å². The van der Waals surface area contributed by atoms with Gasteiger partial charge in [-0.25, -0.2) is 0 Å². The maximum absolute atomic E-state index is 13.6. The lowest BCUT2D eigenvalue weighted by Crippen LogP contribution is -2.28. The summed E-state index contributed by atoms with van der Waals surface area (Å²) in [6, 6.07) is 6.78. The molecule has 0 aliphatic heterocycles. The van der Waals surface area contributed by atoms with Gasteiger partial charge in [0.05, 0.1) is 11.4 Å². The zero-order valence-corrected chi connectivity index (χ0v) is 16.2. The first-order valence-electron chi connectivity index (χ1n) is 8.73. The number of carboxylic acids is 1. The fourth-order valence-corrected chi connectivity index (χ4v) is 2.88. The molecule has 3 aromatic rings. The number of carbonyl (C=O) groups excluding carboxylic acids is 1. The number of aliphatic carboxylic acids is 1. The molecule has 0 amide bonds. The van der Waals surface area contributed by atoms with Crippen molar-refractivity contribution in [1.82, 2.24) is 0 Å². The third-order valence-corrected chi connectivity index (χ3v) is 4.41. The molecule has 158 valence electrons. The molecule has 0 saturated heterocycles. The molecule has 3 rings (SSSR count). The summed E-state index contributed by atoms with van der Waals surface area (Å²) in [4.78, 5) is 23.3. The highest BCUT2D eigenvalue weighted by Crippen LogP contribution is 2.39. The van der Waals surface area contributed by atoms with E-state index in [0.29, 0.717) is 5.56 Å². The maximum Gasteiger partial charge on any atom is 0.453 e. The van der Waals surface area contributed by atoms with E-state index >= 15 is 0 Å². The predicted molar refractivity (Wildman–Crippen MR) is 98.7 cm³/mol. The zero-order valence-electron chi connectivity index (χ0n) is 16.2. The summed E-state index contributed by atoms with van der Waals surface area (Å²) < 4.78 is 56.2. The second-order valence-electron chi connectivity index (χ2n) is 6.71. The van der Waals surface area contributed by atoms with Gasteiger partial charge in [-0.05, 0) is 55.7 Å². The normalized spacial score (nSPS) is 11.5. The molecule has 6 nitrogen and oxygen atoms in total. The van der Waals surface area contributed by atoms with E-state index in [9.17, 15) is 27.9 Å². The van der Waals surface area contributed by atoms with Gasteiger partial charge >= 0.3 is 6.18 Å². The van der Waals surface area contributed by atoms with E-state index in [1.54, 1.807) is 20.8 Å². The third kappa shape index (κ3) is 4.24. The minimum Gasteiger partial charge on any atom is -0.546 e. The van der Waals surface area contributed by atoms with Crippen LogP contribution >= 0.6 is 0 Å². The lowest BCUT2D eigenvalue weighted by atomic mass is 10.1. The first-order valence-corrected chi connectivity index (χ1v) is 8.73. The minimum atomic E-state index is -5.02. The molecule has 0 saturated carbocycles. The Hall–Kier alpha value is -3.49. The van der Waals surface area contributed by atoms with Crippen molar-refractivity contribution in [3.8, 4) is 17.2 Å². The molecule has 0 N–H and O–H groups in total. The quantitative estimate of drug-likeness (QED) is 0.625. The maximum atomic E-state index is 13.6. The third-order valence-electron chi connectivity index (χ3n) is 4.41. The SMILES string of the molecule is Cc1cc(C)c(C)c(Oc2c(C(F)(F)F)oc3cc(OCC(=O)[O-])ccc3c2=O)c1. The molecule has 0 aliphatic rings. The molecule has 9 heteroatoms. The molecule has 1 aromatic heterocycles. The second-order valence-corrected chi connectivity index (χ2v) is 6.71. The van der Waals surface area contributed by atoms with Crippen molar-refractivity contribution in [2.75, 3.05) is 6.61 Å². The van der Waals surface area contributed by atoms with Gasteiger partial charge in [0.1, 0.15) is 23.7 Å². The molecule has 0 aliphatic carbocycles. The van der Waals surface area contributed by atoms with Crippen LogP contribution in [0.25, 0.3) is 11.0 Å². The minimum absolute atomic E-state index is 0.0956. The number of benzene rings is 2. The summed E-state index contributed by atoms with van der Waals surface area (Å²) in [5.41, 5.74) is 0.681. The van der Waals surface area contributed by atoms with Crippen molar-refractivity contribution < 1.29 is 37.0 Å². The molecule has 0 spiro atoms. The van der Waals surface area contributed by atoms with E-state index in [1.807, 2.05) is 6.07 Å². The highest BCUT2D eigenvalue weighted by molar-refractivity contribution is 5.80. The van der Waals surface area contributed by atoms with E-state index in [1.165, 1.54) is 18.2 Å². The molecule has 0 radical (unpaired) electrons. The van der Waals surface area contributed by atoms with Gasteiger partial charge in [-0.1, -0.05) is 6.07 Å². The van der Waals surface area contributed by atoms with Crippen molar-refractivity contribution >= 4 is 16.9 Å². The summed E-state index contributed by atoms with van der Waals surface area (Å²) >= 11 is 0. The van der Waals surface area contributed by atoms with Crippen LogP contribution in [0.2, 0.25) is 0 Å². The standard InChI is InChI=1S/C21H17F3O6/c1-10-6-11(2)12(3)15(7-10)29-19-18(27)14-5-4-13(28-9-17(25)26)8-16(14)30-20(19)21(22,23)24/h4-8H,9H2,1-3H3,(H,25,26)/p-1. The van der Waals surface area contributed by atoms with Gasteiger partial charge in [0.2, 0.25) is 11.2 Å². The fourth-order valence-electron chi connectivity index (χ4n) is 2.88. The molecule has 0 unspecified atom stereocenters. The number of rotatable bonds is 5. The number of fused-ring (bicyclic) bond motifs is 1. The monoisotopic (exact) mass is 421 g/mol. The van der Waals surface area contributed by atoms with Crippen LogP contribution in [0, 0.1) is 20.8 Å². The molecule has 1 heterocycles. The van der Waals surface area contributed by atoms with Crippen LogP contribution in [0.15, 0.2) is 39.5 Å². The lowest BCUT2D eigenvalue weighted by molar-refractivity contribution is -0.307. The van der Waals surface area contributed by atoms with Crippen LogP contribution in [0.3, 0.4) is 0 Å². The first-order chi connectivity index (χ1) is 14.0. The van der Waals surface area contributed by atoms with Crippen molar-refractivity contribution in [3.63, 3.8) is 0 Å². The Labute approximate surface area is 168 Å². The van der Waals surface area contributed by atoms with Gasteiger partial charge in [0, 0.05) is 6.07 Å². The Morgan fingerprint density at radius 1 is 1.13 bits per heavy atom. The molecule has 0 atom stereocenters. The average molecular weight is 421 g/mol. The van der Waals surface area contributed by atoms with E-state index < -0.39 is 41.3 Å². The predicted octanol–water partition coefficient (Wildman–Crippen LogP) is 3.66. The van der Waals surface area contributed by atoms with Gasteiger partial charge < -0.3 is 23.8 Å². The van der Waals surface area contributed by atoms with Gasteiger partial charge in [0.25, 0.3) is 5.76 Å². The Balaban J connectivity index is 2.18. The van der Waals surface area contributed by atoms with Crippen LogP contribution in [0.5, 0.6) is 17.2 Å². The van der Waals surface area contributed by atoms with Crippen LogP contribution in [-0.4, -0.2) is 12.6 Å². The van der Waals surface area contributed by atoms with Gasteiger partial charge in [0.15, 0.2) is 0 Å². The largest absolute Gasteiger partial charge is 0.546 e. The highest BCUT2D eigenvalue weighted by Gasteiger charge is 2.40. The second kappa shape index (κ2) is 7.74. The number of hydrogen-bond donors (Lipinski definition) is 0. The zero-order chi connectivity index (χ0) is 22.2. The Kier molecular flexibility index (Phi) is 5.47. The smallest absolute Gasteiger partial charge is 0.453 e. The van der Waals surface area contributed by atoms with Gasteiger partial charge in [-0.15, -0.1) is 0 Å². The number of alkyl halides is 3. The topological polar surface area (TPSA) is 88.8 Å². The van der Waals surface area contributed by atoms with Crippen LogP contribution in [-0.2, 0) is 11.0 Å². The number of aryl methyl sites for hydroxylation is 2. The van der Waals surface area contributed by atoms with E-state index in [0.717, 1.165) is 17.2 Å². The summed E-state index contributed by atoms with van der Waals surface area (Å²) in [6.07, 6.45) is -5.02. The first kappa shape index (κ1) is 21.2. The summed E-state index contributed by atoms with van der Waals surface area (Å²) in [5.74, 6) is -4.08. The molecule has 0 bridgehead atoms. The summed E-state index contributed by atoms with van der Waals surface area (Å²) in [7, 11) is 0. The molecule has 0 fully saturated rings. The molecule has 2 aromatic carbocycles. The van der Waals surface area contributed by atoms with Crippen molar-refractivity contribution in [2.45, 2.75) is 26.9 Å². The average Bonchev–Trinajstić information content (AvgIpc) is 2.64. The molecular weight excluding hydrogens is 405 g/mol. The number of carbonyl (C=O) groups is 1. The molecule has 30 heavy (non-hydrogen) atoms. The lowest BCUT2D eigenvalue weighted by Gasteiger charge is -2.16. The van der Waals surface area contributed by atoms with E-state index in [4.69, 9.17) is 13.9 Å². The fraction of sp³-hybridized carbons (Fsp3) is 0.238. The number of ether oxygens (including phenoxy) is 2. The highest BCUT2D eigenvalue weighted by atomic mass is 19.4. The Bertz CT molecular complexity index is 1190.